The van der Waals surface area contributed by atoms with Crippen LogP contribution in [-0.2, 0) is 6.54 Å². The number of carbonyl (C=O) groups is 1. The van der Waals surface area contributed by atoms with Crippen LogP contribution in [0.1, 0.15) is 23.2 Å². The topological polar surface area (TPSA) is 67.2 Å². The molecule has 0 bridgehead atoms. The van der Waals surface area contributed by atoms with Crippen LogP contribution in [0.4, 0.5) is 5.69 Å². The average Bonchev–Trinajstić information content (AvgIpc) is 2.92. The van der Waals surface area contributed by atoms with E-state index in [0.29, 0.717) is 11.3 Å². The zero-order chi connectivity index (χ0) is 13.5. The fourth-order valence-corrected chi connectivity index (χ4v) is 1.89. The summed E-state index contributed by atoms with van der Waals surface area (Å²) in [6.45, 7) is 1.70. The molecule has 2 N–H and O–H groups in total. The van der Waals surface area contributed by atoms with Gasteiger partial charge in [-0.3, -0.25) is 0 Å². The summed E-state index contributed by atoms with van der Waals surface area (Å²) in [4.78, 5) is 15.0. The van der Waals surface area contributed by atoms with E-state index >= 15 is 0 Å². The largest absolute Gasteiger partial charge is 0.478 e. The number of nitrogens with one attached hydrogen (secondary N) is 1. The molecule has 0 aliphatic heterocycles. The second kappa shape index (κ2) is 6.58. The van der Waals surface area contributed by atoms with E-state index in [2.05, 4.69) is 10.3 Å². The molecule has 2 rings (SSSR count). The number of hydrogen-bond donors (Lipinski definition) is 2. The molecule has 0 fully saturated rings. The number of unbranched alkanes of at least 4 members (excludes halogenated alkanes) is 1. The number of imidazole rings is 1. The number of anilines is 1. The van der Waals surface area contributed by atoms with Gasteiger partial charge >= 0.3 is 5.97 Å². The van der Waals surface area contributed by atoms with Crippen LogP contribution >= 0.6 is 0 Å². The van der Waals surface area contributed by atoms with Gasteiger partial charge in [0.15, 0.2) is 0 Å². The summed E-state index contributed by atoms with van der Waals surface area (Å²) < 4.78 is 2.03. The van der Waals surface area contributed by atoms with E-state index in [1.165, 1.54) is 0 Å². The Balaban J connectivity index is 1.75. The smallest absolute Gasteiger partial charge is 0.337 e. The minimum absolute atomic E-state index is 0.317. The molecule has 5 nitrogen and oxygen atoms in total. The van der Waals surface area contributed by atoms with E-state index in [0.717, 1.165) is 25.9 Å². The maximum atomic E-state index is 11.0. The molecular formula is C14H17N3O2. The monoisotopic (exact) mass is 259 g/mol. The van der Waals surface area contributed by atoms with Crippen molar-refractivity contribution in [3.63, 3.8) is 0 Å². The number of aromatic carboxylic acids is 1. The normalized spacial score (nSPS) is 10.3. The van der Waals surface area contributed by atoms with E-state index in [4.69, 9.17) is 5.11 Å². The Bertz CT molecular complexity index is 523. The van der Waals surface area contributed by atoms with Gasteiger partial charge in [-0.2, -0.15) is 0 Å². The van der Waals surface area contributed by atoms with Gasteiger partial charge in [-0.15, -0.1) is 0 Å². The molecule has 1 aromatic carbocycles. The molecule has 0 unspecified atom stereocenters. The van der Waals surface area contributed by atoms with Gasteiger partial charge in [0.05, 0.1) is 11.9 Å². The first kappa shape index (κ1) is 13.1. The first-order valence-electron chi connectivity index (χ1n) is 6.29. The van der Waals surface area contributed by atoms with Gasteiger partial charge in [0.2, 0.25) is 0 Å². The van der Waals surface area contributed by atoms with Crippen LogP contribution in [0.2, 0.25) is 0 Å². The Morgan fingerprint density at radius 2 is 2.16 bits per heavy atom. The molecule has 0 aliphatic carbocycles. The molecule has 0 amide bonds. The van der Waals surface area contributed by atoms with Crippen LogP contribution in [0.15, 0.2) is 43.0 Å². The van der Waals surface area contributed by atoms with Crippen molar-refractivity contribution in [2.75, 3.05) is 11.9 Å². The van der Waals surface area contributed by atoms with Gasteiger partial charge in [0.25, 0.3) is 0 Å². The lowest BCUT2D eigenvalue weighted by atomic mass is 10.1. The quantitative estimate of drug-likeness (QED) is 0.750. The van der Waals surface area contributed by atoms with Crippen LogP contribution in [0.5, 0.6) is 0 Å². The number of aryl methyl sites for hydroxylation is 1. The van der Waals surface area contributed by atoms with E-state index in [-0.39, 0.29) is 0 Å². The Morgan fingerprint density at radius 3 is 2.89 bits per heavy atom. The maximum Gasteiger partial charge on any atom is 0.337 e. The standard InChI is InChI=1S/C14H17N3O2/c18-14(19)12-5-1-2-6-13(12)16-7-3-4-9-17-10-8-15-11-17/h1-2,5-6,8,10-11,16H,3-4,7,9H2,(H,18,19). The Kier molecular flexibility index (Phi) is 4.55. The summed E-state index contributed by atoms with van der Waals surface area (Å²) in [5.74, 6) is -0.901. The van der Waals surface area contributed by atoms with Crippen molar-refractivity contribution in [1.29, 1.82) is 0 Å². The molecule has 0 atom stereocenters. The molecule has 1 heterocycles. The lowest BCUT2D eigenvalue weighted by molar-refractivity contribution is 0.0698. The maximum absolute atomic E-state index is 11.0. The average molecular weight is 259 g/mol. The molecule has 2 aromatic rings. The Labute approximate surface area is 111 Å². The van der Waals surface area contributed by atoms with Crippen molar-refractivity contribution >= 4 is 11.7 Å². The van der Waals surface area contributed by atoms with Crippen molar-refractivity contribution < 1.29 is 9.90 Å². The highest BCUT2D eigenvalue weighted by atomic mass is 16.4. The third-order valence-corrected chi connectivity index (χ3v) is 2.88. The lowest BCUT2D eigenvalue weighted by Crippen LogP contribution is -2.08. The van der Waals surface area contributed by atoms with Gasteiger partial charge in [-0.25, -0.2) is 9.78 Å². The molecule has 0 aliphatic rings. The predicted octanol–water partition coefficient (Wildman–Crippen LogP) is 2.47. The van der Waals surface area contributed by atoms with Crippen LogP contribution < -0.4 is 5.32 Å². The predicted molar refractivity (Wildman–Crippen MR) is 73.4 cm³/mol. The van der Waals surface area contributed by atoms with Gasteiger partial charge in [-0.1, -0.05) is 12.1 Å². The summed E-state index contributed by atoms with van der Waals surface area (Å²) in [5, 5.41) is 12.2. The van der Waals surface area contributed by atoms with Crippen molar-refractivity contribution in [2.24, 2.45) is 0 Å². The van der Waals surface area contributed by atoms with Crippen molar-refractivity contribution in [1.82, 2.24) is 9.55 Å². The highest BCUT2D eigenvalue weighted by Gasteiger charge is 2.07. The summed E-state index contributed by atoms with van der Waals surface area (Å²) in [5.41, 5.74) is 0.995. The fourth-order valence-electron chi connectivity index (χ4n) is 1.89. The number of carboxylic acids is 1. The number of rotatable bonds is 7. The van der Waals surface area contributed by atoms with Crippen molar-refractivity contribution in [2.45, 2.75) is 19.4 Å². The number of carboxylic acid groups (broad SMARTS) is 1. The Morgan fingerprint density at radius 1 is 1.32 bits per heavy atom. The van der Waals surface area contributed by atoms with Gasteiger partial charge in [0.1, 0.15) is 0 Å². The number of aromatic nitrogens is 2. The van der Waals surface area contributed by atoms with Gasteiger partial charge in [-0.05, 0) is 25.0 Å². The first-order chi connectivity index (χ1) is 9.27. The summed E-state index contributed by atoms with van der Waals surface area (Å²) in [7, 11) is 0. The molecule has 19 heavy (non-hydrogen) atoms. The number of nitrogens with zero attached hydrogens (tertiary/aromatic N) is 2. The Hall–Kier alpha value is -2.30. The zero-order valence-electron chi connectivity index (χ0n) is 10.6. The lowest BCUT2D eigenvalue weighted by Gasteiger charge is -2.09. The van der Waals surface area contributed by atoms with Crippen LogP contribution in [-0.4, -0.2) is 27.2 Å². The molecule has 0 saturated heterocycles. The second-order valence-corrected chi connectivity index (χ2v) is 4.29. The first-order valence-corrected chi connectivity index (χ1v) is 6.29. The number of para-hydroxylation sites is 1. The molecule has 5 heteroatoms. The van der Waals surface area contributed by atoms with Gasteiger partial charge in [0, 0.05) is 31.2 Å². The minimum Gasteiger partial charge on any atom is -0.478 e. The van der Waals surface area contributed by atoms with Crippen molar-refractivity contribution in [3.8, 4) is 0 Å². The molecule has 0 saturated carbocycles. The molecule has 100 valence electrons. The molecule has 0 spiro atoms. The molecule has 0 radical (unpaired) electrons. The van der Waals surface area contributed by atoms with Crippen molar-refractivity contribution in [3.05, 3.63) is 48.5 Å². The SMILES string of the molecule is O=C(O)c1ccccc1NCCCCn1ccnc1. The van der Waals surface area contributed by atoms with Crippen LogP contribution in [0, 0.1) is 0 Å². The summed E-state index contributed by atoms with van der Waals surface area (Å²) in [6, 6.07) is 6.96. The second-order valence-electron chi connectivity index (χ2n) is 4.29. The van der Waals surface area contributed by atoms with E-state index in [9.17, 15) is 4.79 Å². The minimum atomic E-state index is -0.901. The fraction of sp³-hybridized carbons (Fsp3) is 0.286. The van der Waals surface area contributed by atoms with Crippen LogP contribution in [0.3, 0.4) is 0 Å². The third kappa shape index (κ3) is 3.84. The summed E-state index contributed by atoms with van der Waals surface area (Å²) >= 11 is 0. The van der Waals surface area contributed by atoms with E-state index in [1.807, 2.05) is 16.8 Å². The molecular weight excluding hydrogens is 242 g/mol. The molecule has 1 aromatic heterocycles. The number of hydrogen-bond acceptors (Lipinski definition) is 3. The van der Waals surface area contributed by atoms with Crippen LogP contribution in [0.25, 0.3) is 0 Å². The van der Waals surface area contributed by atoms with E-state index in [1.54, 1.807) is 30.7 Å². The highest BCUT2D eigenvalue weighted by Crippen LogP contribution is 2.14. The third-order valence-electron chi connectivity index (χ3n) is 2.88. The van der Waals surface area contributed by atoms with Gasteiger partial charge < -0.3 is 15.0 Å². The highest BCUT2D eigenvalue weighted by molar-refractivity contribution is 5.94. The van der Waals surface area contributed by atoms with E-state index < -0.39 is 5.97 Å². The summed E-state index contributed by atoms with van der Waals surface area (Å²) in [6.07, 6.45) is 7.51. The zero-order valence-corrected chi connectivity index (χ0v) is 10.6. The number of benzene rings is 1.